The summed E-state index contributed by atoms with van der Waals surface area (Å²) in [5.41, 5.74) is 4.13. The monoisotopic (exact) mass is 298 g/mol. The van der Waals surface area contributed by atoms with Crippen molar-refractivity contribution in [2.24, 2.45) is 0 Å². The van der Waals surface area contributed by atoms with Crippen molar-refractivity contribution in [2.75, 3.05) is 30.3 Å². The SMILES string of the molecule is Cc1ccc(SCCN2CCNCc3ccccc32)cc1. The molecule has 1 aliphatic rings. The zero-order valence-corrected chi connectivity index (χ0v) is 13.3. The highest BCUT2D eigenvalue weighted by atomic mass is 32.2. The van der Waals surface area contributed by atoms with Gasteiger partial charge in [0.2, 0.25) is 0 Å². The van der Waals surface area contributed by atoms with Crippen LogP contribution in [0.15, 0.2) is 53.4 Å². The fourth-order valence-corrected chi connectivity index (χ4v) is 3.54. The van der Waals surface area contributed by atoms with Crippen LogP contribution in [0.3, 0.4) is 0 Å². The van der Waals surface area contributed by atoms with Crippen LogP contribution in [0.2, 0.25) is 0 Å². The number of benzene rings is 2. The highest BCUT2D eigenvalue weighted by molar-refractivity contribution is 7.99. The van der Waals surface area contributed by atoms with E-state index in [4.69, 9.17) is 0 Å². The Morgan fingerprint density at radius 1 is 1.10 bits per heavy atom. The number of aryl methyl sites for hydroxylation is 1. The molecule has 0 bridgehead atoms. The van der Waals surface area contributed by atoms with Crippen LogP contribution in [0.5, 0.6) is 0 Å². The molecule has 0 spiro atoms. The molecule has 0 aromatic heterocycles. The number of rotatable bonds is 4. The molecule has 0 amide bonds. The van der Waals surface area contributed by atoms with Crippen molar-refractivity contribution in [3.05, 3.63) is 59.7 Å². The maximum Gasteiger partial charge on any atom is 0.0412 e. The van der Waals surface area contributed by atoms with Gasteiger partial charge in [0, 0.05) is 42.5 Å². The first-order chi connectivity index (χ1) is 10.3. The molecule has 0 unspecified atom stereocenters. The molecule has 110 valence electrons. The van der Waals surface area contributed by atoms with Gasteiger partial charge in [-0.2, -0.15) is 0 Å². The topological polar surface area (TPSA) is 15.3 Å². The minimum Gasteiger partial charge on any atom is -0.369 e. The highest BCUT2D eigenvalue weighted by Crippen LogP contribution is 2.24. The minimum atomic E-state index is 0.984. The molecule has 3 rings (SSSR count). The van der Waals surface area contributed by atoms with Crippen LogP contribution in [0, 0.1) is 6.92 Å². The predicted molar refractivity (Wildman–Crippen MR) is 92.3 cm³/mol. The Morgan fingerprint density at radius 2 is 1.90 bits per heavy atom. The lowest BCUT2D eigenvalue weighted by Crippen LogP contribution is -2.30. The molecule has 2 nitrogen and oxygen atoms in total. The maximum atomic E-state index is 3.50. The molecule has 0 fully saturated rings. The van der Waals surface area contributed by atoms with E-state index in [1.807, 2.05) is 11.8 Å². The normalized spacial score (nSPS) is 14.6. The summed E-state index contributed by atoms with van der Waals surface area (Å²) in [7, 11) is 0. The largest absolute Gasteiger partial charge is 0.369 e. The summed E-state index contributed by atoms with van der Waals surface area (Å²) in [6.45, 7) is 6.36. The van der Waals surface area contributed by atoms with Gasteiger partial charge in [-0.1, -0.05) is 35.9 Å². The molecule has 2 aromatic rings. The van der Waals surface area contributed by atoms with Gasteiger partial charge >= 0.3 is 0 Å². The molecule has 2 aromatic carbocycles. The van der Waals surface area contributed by atoms with E-state index in [2.05, 4.69) is 65.7 Å². The van der Waals surface area contributed by atoms with E-state index in [1.54, 1.807) is 0 Å². The third-order valence-electron chi connectivity index (χ3n) is 3.86. The summed E-state index contributed by atoms with van der Waals surface area (Å²) in [5.74, 6) is 1.12. The van der Waals surface area contributed by atoms with E-state index in [1.165, 1.54) is 21.7 Å². The Morgan fingerprint density at radius 3 is 2.76 bits per heavy atom. The van der Waals surface area contributed by atoms with Gasteiger partial charge in [0.25, 0.3) is 0 Å². The number of anilines is 1. The number of nitrogens with zero attached hydrogens (tertiary/aromatic N) is 1. The van der Waals surface area contributed by atoms with Gasteiger partial charge in [-0.05, 0) is 30.7 Å². The van der Waals surface area contributed by atoms with Crippen LogP contribution < -0.4 is 10.2 Å². The molecular formula is C18H22N2S. The summed E-state index contributed by atoms with van der Waals surface area (Å²) in [6, 6.07) is 17.6. The van der Waals surface area contributed by atoms with Crippen molar-refractivity contribution in [1.29, 1.82) is 0 Å². The quantitative estimate of drug-likeness (QED) is 0.867. The molecule has 0 saturated heterocycles. The minimum absolute atomic E-state index is 0.984. The van der Waals surface area contributed by atoms with Gasteiger partial charge in [0.1, 0.15) is 0 Å². The molecule has 21 heavy (non-hydrogen) atoms. The van der Waals surface area contributed by atoms with E-state index < -0.39 is 0 Å². The number of para-hydroxylation sites is 1. The number of thioether (sulfide) groups is 1. The molecule has 3 heteroatoms. The van der Waals surface area contributed by atoms with Gasteiger partial charge in [-0.15, -0.1) is 11.8 Å². The van der Waals surface area contributed by atoms with Crippen LogP contribution in [-0.2, 0) is 6.54 Å². The van der Waals surface area contributed by atoms with Crippen LogP contribution in [-0.4, -0.2) is 25.4 Å². The smallest absolute Gasteiger partial charge is 0.0412 e. The number of fused-ring (bicyclic) bond motifs is 1. The van der Waals surface area contributed by atoms with Gasteiger partial charge in [0.05, 0.1) is 0 Å². The summed E-state index contributed by atoms with van der Waals surface area (Å²) in [5, 5.41) is 3.50. The molecular weight excluding hydrogens is 276 g/mol. The maximum absolute atomic E-state index is 3.50. The summed E-state index contributed by atoms with van der Waals surface area (Å²) < 4.78 is 0. The van der Waals surface area contributed by atoms with Crippen LogP contribution in [0.25, 0.3) is 0 Å². The second-order valence-corrected chi connectivity index (χ2v) is 6.62. The molecule has 1 N–H and O–H groups in total. The van der Waals surface area contributed by atoms with Crippen molar-refractivity contribution in [3.8, 4) is 0 Å². The summed E-state index contributed by atoms with van der Waals surface area (Å²) in [4.78, 5) is 3.87. The van der Waals surface area contributed by atoms with Gasteiger partial charge in [-0.3, -0.25) is 0 Å². The van der Waals surface area contributed by atoms with Crippen molar-refractivity contribution in [3.63, 3.8) is 0 Å². The molecule has 1 aliphatic heterocycles. The lowest BCUT2D eigenvalue weighted by atomic mass is 10.1. The lowest BCUT2D eigenvalue weighted by molar-refractivity contribution is 0.696. The van der Waals surface area contributed by atoms with E-state index in [0.717, 1.165) is 31.9 Å². The standard InChI is InChI=1S/C18H22N2S/c1-15-6-8-17(9-7-15)21-13-12-20-11-10-19-14-16-4-2-3-5-18(16)20/h2-9,19H,10-14H2,1H3. The van der Waals surface area contributed by atoms with E-state index in [9.17, 15) is 0 Å². The summed E-state index contributed by atoms with van der Waals surface area (Å²) in [6.07, 6.45) is 0. The van der Waals surface area contributed by atoms with Crippen molar-refractivity contribution >= 4 is 17.4 Å². The molecule has 0 atom stereocenters. The highest BCUT2D eigenvalue weighted by Gasteiger charge is 2.13. The van der Waals surface area contributed by atoms with Crippen LogP contribution >= 0.6 is 11.8 Å². The first-order valence-electron chi connectivity index (χ1n) is 7.56. The van der Waals surface area contributed by atoms with Crippen LogP contribution in [0.4, 0.5) is 5.69 Å². The first-order valence-corrected chi connectivity index (χ1v) is 8.54. The number of nitrogens with one attached hydrogen (secondary N) is 1. The lowest BCUT2D eigenvalue weighted by Gasteiger charge is -2.24. The molecule has 0 saturated carbocycles. The van der Waals surface area contributed by atoms with Gasteiger partial charge in [0.15, 0.2) is 0 Å². The average Bonchev–Trinajstić information content (AvgIpc) is 2.72. The Labute approximate surface area is 131 Å². The van der Waals surface area contributed by atoms with E-state index in [-0.39, 0.29) is 0 Å². The fourth-order valence-electron chi connectivity index (χ4n) is 2.67. The number of hydrogen-bond acceptors (Lipinski definition) is 3. The van der Waals surface area contributed by atoms with Gasteiger partial charge < -0.3 is 10.2 Å². The van der Waals surface area contributed by atoms with Crippen molar-refractivity contribution < 1.29 is 0 Å². The van der Waals surface area contributed by atoms with E-state index >= 15 is 0 Å². The molecule has 0 radical (unpaired) electrons. The van der Waals surface area contributed by atoms with Crippen molar-refractivity contribution in [1.82, 2.24) is 5.32 Å². The zero-order valence-electron chi connectivity index (χ0n) is 12.5. The second kappa shape index (κ2) is 7.01. The summed E-state index contributed by atoms with van der Waals surface area (Å²) >= 11 is 1.94. The van der Waals surface area contributed by atoms with Crippen molar-refractivity contribution in [2.45, 2.75) is 18.4 Å². The second-order valence-electron chi connectivity index (χ2n) is 5.45. The van der Waals surface area contributed by atoms with E-state index in [0.29, 0.717) is 0 Å². The molecule has 0 aliphatic carbocycles. The molecule has 1 heterocycles. The predicted octanol–water partition coefficient (Wildman–Crippen LogP) is 3.70. The first kappa shape index (κ1) is 14.5. The number of hydrogen-bond donors (Lipinski definition) is 1. The average molecular weight is 298 g/mol. The Bertz CT molecular complexity index is 580. The fraction of sp³-hybridized carbons (Fsp3) is 0.333. The Balaban J connectivity index is 1.61. The third-order valence-corrected chi connectivity index (χ3v) is 4.85. The van der Waals surface area contributed by atoms with Gasteiger partial charge in [-0.25, -0.2) is 0 Å². The Hall–Kier alpha value is -1.45. The Kier molecular flexibility index (Phi) is 4.84. The third kappa shape index (κ3) is 3.80. The van der Waals surface area contributed by atoms with Crippen LogP contribution in [0.1, 0.15) is 11.1 Å². The zero-order chi connectivity index (χ0) is 14.5.